The summed E-state index contributed by atoms with van der Waals surface area (Å²) in [6.07, 6.45) is 6.15. The van der Waals surface area contributed by atoms with Crippen molar-refractivity contribution >= 4 is 27.3 Å². The van der Waals surface area contributed by atoms with Gasteiger partial charge in [0.05, 0.1) is 15.8 Å². The van der Waals surface area contributed by atoms with Crippen molar-refractivity contribution in [3.63, 3.8) is 0 Å². The molecule has 0 aliphatic heterocycles. The Labute approximate surface area is 123 Å². The van der Waals surface area contributed by atoms with E-state index in [1.165, 1.54) is 38.2 Å². The number of hydrogen-bond donors (Lipinski definition) is 1. The molecule has 0 heterocycles. The zero-order chi connectivity index (χ0) is 14.0. The fraction of sp³-hybridized carbons (Fsp3) is 0.600. The lowest BCUT2D eigenvalue weighted by molar-refractivity contribution is 0.313. The van der Waals surface area contributed by atoms with Crippen LogP contribution in [0, 0.1) is 11.7 Å². The van der Waals surface area contributed by atoms with Gasteiger partial charge in [0.1, 0.15) is 5.82 Å². The van der Waals surface area contributed by atoms with Gasteiger partial charge in [-0.2, -0.15) is 0 Å². The fourth-order valence-electron chi connectivity index (χ4n) is 2.99. The van der Waals surface area contributed by atoms with Crippen LogP contribution in [0.3, 0.4) is 0 Å². The third-order valence-electron chi connectivity index (χ3n) is 4.39. The Morgan fingerprint density at radius 1 is 1.32 bits per heavy atom. The maximum absolute atomic E-state index is 13.7. The third kappa shape index (κ3) is 3.22. The lowest BCUT2D eigenvalue weighted by Crippen LogP contribution is -2.35. The van der Waals surface area contributed by atoms with Gasteiger partial charge in [-0.3, -0.25) is 0 Å². The summed E-state index contributed by atoms with van der Waals surface area (Å²) in [5.74, 6) is 0.613. The largest absolute Gasteiger partial charge is 0.397 e. The molecule has 2 N–H and O–H groups in total. The highest BCUT2D eigenvalue weighted by atomic mass is 79.9. The van der Waals surface area contributed by atoms with E-state index in [1.807, 2.05) is 7.05 Å². The van der Waals surface area contributed by atoms with Gasteiger partial charge in [-0.1, -0.05) is 13.3 Å². The van der Waals surface area contributed by atoms with Gasteiger partial charge in [0, 0.05) is 19.2 Å². The van der Waals surface area contributed by atoms with Crippen molar-refractivity contribution < 1.29 is 4.39 Å². The SMILES string of the molecule is CCC1CCC(N(C)c2cc(F)c(Br)cc2N)CC1. The maximum Gasteiger partial charge on any atom is 0.139 e. The molecule has 0 spiro atoms. The Bertz CT molecular complexity index is 442. The average molecular weight is 329 g/mol. The van der Waals surface area contributed by atoms with E-state index in [2.05, 4.69) is 27.8 Å². The topological polar surface area (TPSA) is 29.3 Å². The molecule has 1 aliphatic rings. The van der Waals surface area contributed by atoms with Crippen LogP contribution in [0.25, 0.3) is 0 Å². The van der Waals surface area contributed by atoms with Crippen molar-refractivity contribution in [3.05, 3.63) is 22.4 Å². The lowest BCUT2D eigenvalue weighted by atomic mass is 9.84. The van der Waals surface area contributed by atoms with Crippen LogP contribution in [0.15, 0.2) is 16.6 Å². The quantitative estimate of drug-likeness (QED) is 0.823. The zero-order valence-electron chi connectivity index (χ0n) is 11.6. The fourth-order valence-corrected chi connectivity index (χ4v) is 3.36. The summed E-state index contributed by atoms with van der Waals surface area (Å²) in [4.78, 5) is 2.15. The second kappa shape index (κ2) is 6.12. The summed E-state index contributed by atoms with van der Waals surface area (Å²) in [6, 6.07) is 3.66. The van der Waals surface area contributed by atoms with E-state index in [9.17, 15) is 4.39 Å². The van der Waals surface area contributed by atoms with Crippen molar-refractivity contribution in [2.75, 3.05) is 17.7 Å². The number of anilines is 2. The van der Waals surface area contributed by atoms with Crippen LogP contribution in [-0.4, -0.2) is 13.1 Å². The minimum absolute atomic E-state index is 0.252. The molecule has 0 aromatic heterocycles. The Hall–Kier alpha value is -0.770. The molecule has 0 saturated heterocycles. The maximum atomic E-state index is 13.7. The number of hydrogen-bond acceptors (Lipinski definition) is 2. The standard InChI is InChI=1S/C15H22BrFN2/c1-3-10-4-6-11(7-5-10)19(2)15-9-13(17)12(16)8-14(15)18/h8-11H,3-7,18H2,1-2H3. The summed E-state index contributed by atoms with van der Waals surface area (Å²) >= 11 is 3.17. The molecule has 1 aliphatic carbocycles. The minimum atomic E-state index is -0.252. The van der Waals surface area contributed by atoms with E-state index in [4.69, 9.17) is 5.73 Å². The van der Waals surface area contributed by atoms with E-state index in [0.29, 0.717) is 16.2 Å². The van der Waals surface area contributed by atoms with E-state index in [0.717, 1.165) is 11.6 Å². The van der Waals surface area contributed by atoms with Crippen LogP contribution < -0.4 is 10.6 Å². The summed E-state index contributed by atoms with van der Waals surface area (Å²) in [6.45, 7) is 2.26. The Morgan fingerprint density at radius 2 is 1.95 bits per heavy atom. The van der Waals surface area contributed by atoms with E-state index >= 15 is 0 Å². The highest BCUT2D eigenvalue weighted by Crippen LogP contribution is 2.35. The summed E-state index contributed by atoms with van der Waals surface area (Å²) in [5, 5.41) is 0. The predicted molar refractivity (Wildman–Crippen MR) is 83.0 cm³/mol. The lowest BCUT2D eigenvalue weighted by Gasteiger charge is -2.36. The molecule has 0 atom stereocenters. The average Bonchev–Trinajstić information content (AvgIpc) is 2.42. The molecule has 106 valence electrons. The number of rotatable bonds is 3. The monoisotopic (exact) mass is 328 g/mol. The van der Waals surface area contributed by atoms with Crippen molar-refractivity contribution in [2.24, 2.45) is 5.92 Å². The molecule has 0 bridgehead atoms. The predicted octanol–water partition coefficient (Wildman–Crippen LogP) is 4.58. The van der Waals surface area contributed by atoms with Crippen LogP contribution >= 0.6 is 15.9 Å². The van der Waals surface area contributed by atoms with Gasteiger partial charge in [0.25, 0.3) is 0 Å². The van der Waals surface area contributed by atoms with Crippen molar-refractivity contribution in [3.8, 4) is 0 Å². The number of benzene rings is 1. The highest BCUT2D eigenvalue weighted by Gasteiger charge is 2.24. The molecule has 2 rings (SSSR count). The normalized spacial score (nSPS) is 23.4. The first-order chi connectivity index (χ1) is 9.02. The minimum Gasteiger partial charge on any atom is -0.397 e. The Kier molecular flexibility index (Phi) is 4.71. The number of nitrogens with zero attached hydrogens (tertiary/aromatic N) is 1. The van der Waals surface area contributed by atoms with Crippen molar-refractivity contribution in [1.82, 2.24) is 0 Å². The van der Waals surface area contributed by atoms with E-state index < -0.39 is 0 Å². The summed E-state index contributed by atoms with van der Waals surface area (Å²) < 4.78 is 14.1. The Morgan fingerprint density at radius 3 is 2.53 bits per heavy atom. The van der Waals surface area contributed by atoms with Crippen LogP contribution in [0.1, 0.15) is 39.0 Å². The van der Waals surface area contributed by atoms with Crippen LogP contribution in [0.5, 0.6) is 0 Å². The third-order valence-corrected chi connectivity index (χ3v) is 5.00. The summed E-state index contributed by atoms with van der Waals surface area (Å²) in [7, 11) is 2.02. The summed E-state index contributed by atoms with van der Waals surface area (Å²) in [5.41, 5.74) is 7.45. The van der Waals surface area contributed by atoms with E-state index in [1.54, 1.807) is 6.07 Å². The van der Waals surface area contributed by atoms with Gasteiger partial charge in [-0.05, 0) is 53.6 Å². The molecule has 4 heteroatoms. The van der Waals surface area contributed by atoms with Gasteiger partial charge in [-0.15, -0.1) is 0 Å². The smallest absolute Gasteiger partial charge is 0.139 e. The van der Waals surface area contributed by atoms with Gasteiger partial charge in [-0.25, -0.2) is 4.39 Å². The second-order valence-electron chi connectivity index (χ2n) is 5.52. The van der Waals surface area contributed by atoms with Crippen LogP contribution in [0.4, 0.5) is 15.8 Å². The van der Waals surface area contributed by atoms with Gasteiger partial charge >= 0.3 is 0 Å². The first kappa shape index (κ1) is 14.6. The molecule has 0 radical (unpaired) electrons. The molecule has 1 saturated carbocycles. The van der Waals surface area contributed by atoms with Crippen LogP contribution in [0.2, 0.25) is 0 Å². The number of nitrogen functional groups attached to an aromatic ring is 1. The molecule has 19 heavy (non-hydrogen) atoms. The highest BCUT2D eigenvalue weighted by molar-refractivity contribution is 9.10. The molecular formula is C15H22BrFN2. The molecule has 1 fully saturated rings. The first-order valence-corrected chi connectivity index (χ1v) is 7.79. The van der Waals surface area contributed by atoms with Gasteiger partial charge in [0.2, 0.25) is 0 Å². The molecule has 0 amide bonds. The van der Waals surface area contributed by atoms with E-state index in [-0.39, 0.29) is 5.82 Å². The molecule has 1 aromatic rings. The first-order valence-electron chi connectivity index (χ1n) is 7.00. The molecule has 2 nitrogen and oxygen atoms in total. The Balaban J connectivity index is 2.12. The number of halogens is 2. The van der Waals surface area contributed by atoms with Gasteiger partial charge < -0.3 is 10.6 Å². The second-order valence-corrected chi connectivity index (χ2v) is 6.37. The van der Waals surface area contributed by atoms with Crippen molar-refractivity contribution in [1.29, 1.82) is 0 Å². The zero-order valence-corrected chi connectivity index (χ0v) is 13.2. The van der Waals surface area contributed by atoms with Crippen molar-refractivity contribution in [2.45, 2.75) is 45.1 Å². The molecule has 1 aromatic carbocycles. The number of nitrogens with two attached hydrogens (primary N) is 1. The molecular weight excluding hydrogens is 307 g/mol. The van der Waals surface area contributed by atoms with Crippen LogP contribution in [-0.2, 0) is 0 Å². The molecule has 0 unspecified atom stereocenters. The van der Waals surface area contributed by atoms with Gasteiger partial charge in [0.15, 0.2) is 0 Å².